The van der Waals surface area contributed by atoms with Crippen molar-refractivity contribution >= 4 is 6.21 Å². The number of aliphatic imine (C=N–C) groups is 1. The van der Waals surface area contributed by atoms with Gasteiger partial charge in [-0.15, -0.1) is 0 Å². The lowest BCUT2D eigenvalue weighted by molar-refractivity contribution is 0.192. The highest BCUT2D eigenvalue weighted by atomic mass is 16.5. The number of dihydropyridines is 1. The molecule has 0 saturated heterocycles. The molecule has 15 heavy (non-hydrogen) atoms. The molecule has 2 atom stereocenters. The normalized spacial score (nSPS) is 27.7. The highest BCUT2D eigenvalue weighted by molar-refractivity contribution is 5.77. The molecular formula is C12H22N2O. The first-order valence-corrected chi connectivity index (χ1v) is 5.58. The maximum atomic E-state index is 5.89. The summed E-state index contributed by atoms with van der Waals surface area (Å²) < 4.78 is 5.59. The Balaban J connectivity index is 2.50. The smallest absolute Gasteiger partial charge is 0.133 e. The summed E-state index contributed by atoms with van der Waals surface area (Å²) >= 11 is 0. The molecule has 3 heteroatoms. The summed E-state index contributed by atoms with van der Waals surface area (Å²) in [7, 11) is 0. The predicted molar refractivity (Wildman–Crippen MR) is 64.0 cm³/mol. The van der Waals surface area contributed by atoms with Gasteiger partial charge in [0.05, 0.1) is 18.4 Å². The molecule has 1 aliphatic rings. The van der Waals surface area contributed by atoms with E-state index in [9.17, 15) is 0 Å². The fourth-order valence-corrected chi connectivity index (χ4v) is 1.29. The van der Waals surface area contributed by atoms with Gasteiger partial charge in [-0.2, -0.15) is 0 Å². The van der Waals surface area contributed by atoms with Crippen LogP contribution >= 0.6 is 0 Å². The summed E-state index contributed by atoms with van der Waals surface area (Å²) in [4.78, 5) is 4.48. The van der Waals surface area contributed by atoms with Crippen molar-refractivity contribution in [1.29, 1.82) is 0 Å². The highest BCUT2D eigenvalue weighted by Gasteiger charge is 2.28. The minimum atomic E-state index is -0.162. The van der Waals surface area contributed by atoms with Crippen LogP contribution in [0.2, 0.25) is 0 Å². The van der Waals surface area contributed by atoms with Crippen LogP contribution in [0.25, 0.3) is 0 Å². The molecule has 2 unspecified atom stereocenters. The van der Waals surface area contributed by atoms with Crippen molar-refractivity contribution in [2.75, 3.05) is 6.61 Å². The van der Waals surface area contributed by atoms with E-state index < -0.39 is 0 Å². The SMILES string of the molecule is CC(C)COC1=CCC(C)(C(C)N)N=C1. The lowest BCUT2D eigenvalue weighted by Crippen LogP contribution is -2.42. The number of ether oxygens (including phenoxy) is 1. The Kier molecular flexibility index (Phi) is 3.91. The van der Waals surface area contributed by atoms with Gasteiger partial charge in [0, 0.05) is 6.04 Å². The van der Waals surface area contributed by atoms with Crippen molar-refractivity contribution in [2.24, 2.45) is 16.6 Å². The maximum Gasteiger partial charge on any atom is 0.133 e. The molecule has 2 N–H and O–H groups in total. The monoisotopic (exact) mass is 210 g/mol. The molecular weight excluding hydrogens is 188 g/mol. The number of nitrogens with two attached hydrogens (primary N) is 1. The van der Waals surface area contributed by atoms with Crippen LogP contribution in [-0.2, 0) is 4.74 Å². The Hall–Kier alpha value is -0.830. The van der Waals surface area contributed by atoms with Crippen LogP contribution in [0.4, 0.5) is 0 Å². The van der Waals surface area contributed by atoms with Gasteiger partial charge in [-0.1, -0.05) is 13.8 Å². The average Bonchev–Trinajstić information content (AvgIpc) is 2.16. The second-order valence-corrected chi connectivity index (χ2v) is 4.92. The fourth-order valence-electron chi connectivity index (χ4n) is 1.29. The molecule has 1 aliphatic heterocycles. The van der Waals surface area contributed by atoms with E-state index in [1.807, 2.05) is 6.92 Å². The Morgan fingerprint density at radius 2 is 2.20 bits per heavy atom. The standard InChI is InChI=1S/C12H22N2O/c1-9(2)8-15-11-5-6-12(4,10(3)13)14-7-11/h5,7,9-10H,6,8,13H2,1-4H3. The lowest BCUT2D eigenvalue weighted by atomic mass is 9.89. The van der Waals surface area contributed by atoms with E-state index in [1.165, 1.54) is 0 Å². The number of rotatable bonds is 4. The summed E-state index contributed by atoms with van der Waals surface area (Å²) in [5.41, 5.74) is 5.72. The van der Waals surface area contributed by atoms with Crippen molar-refractivity contribution in [3.63, 3.8) is 0 Å². The summed E-state index contributed by atoms with van der Waals surface area (Å²) in [5.74, 6) is 1.42. The number of hydrogen-bond acceptors (Lipinski definition) is 3. The summed E-state index contributed by atoms with van der Waals surface area (Å²) in [5, 5.41) is 0. The number of allylic oxidation sites excluding steroid dienone is 1. The van der Waals surface area contributed by atoms with Crippen LogP contribution in [0.15, 0.2) is 16.8 Å². The van der Waals surface area contributed by atoms with Gasteiger partial charge in [0.2, 0.25) is 0 Å². The van der Waals surface area contributed by atoms with Gasteiger partial charge in [0.1, 0.15) is 5.76 Å². The van der Waals surface area contributed by atoms with Crippen LogP contribution in [0, 0.1) is 5.92 Å². The largest absolute Gasteiger partial charge is 0.492 e. The molecule has 0 radical (unpaired) electrons. The van der Waals surface area contributed by atoms with E-state index in [2.05, 4.69) is 31.8 Å². The maximum absolute atomic E-state index is 5.89. The van der Waals surface area contributed by atoms with Crippen LogP contribution in [0.3, 0.4) is 0 Å². The lowest BCUT2D eigenvalue weighted by Gasteiger charge is -2.30. The summed E-state index contributed by atoms with van der Waals surface area (Å²) in [6.07, 6.45) is 4.74. The third kappa shape index (κ3) is 3.34. The minimum Gasteiger partial charge on any atom is -0.492 e. The molecule has 0 bridgehead atoms. The van der Waals surface area contributed by atoms with Gasteiger partial charge in [0.25, 0.3) is 0 Å². The zero-order valence-corrected chi connectivity index (χ0v) is 10.2. The molecule has 0 spiro atoms. The number of nitrogens with zero attached hydrogens (tertiary/aromatic N) is 1. The average molecular weight is 210 g/mol. The van der Waals surface area contributed by atoms with E-state index in [1.54, 1.807) is 6.21 Å². The molecule has 86 valence electrons. The predicted octanol–water partition coefficient (Wildman–Crippen LogP) is 2.12. The summed E-state index contributed by atoms with van der Waals surface area (Å²) in [6, 6.07) is 0.0663. The first kappa shape index (κ1) is 12.2. The van der Waals surface area contributed by atoms with E-state index in [-0.39, 0.29) is 11.6 Å². The molecule has 1 rings (SSSR count). The molecule has 1 heterocycles. The van der Waals surface area contributed by atoms with E-state index in [4.69, 9.17) is 10.5 Å². The third-order valence-electron chi connectivity index (χ3n) is 2.77. The highest BCUT2D eigenvalue weighted by Crippen LogP contribution is 2.24. The molecule has 3 nitrogen and oxygen atoms in total. The molecule has 0 fully saturated rings. The second-order valence-electron chi connectivity index (χ2n) is 4.92. The molecule has 0 amide bonds. The van der Waals surface area contributed by atoms with Crippen molar-refractivity contribution < 1.29 is 4.74 Å². The molecule has 0 aliphatic carbocycles. The quantitative estimate of drug-likeness (QED) is 0.772. The van der Waals surface area contributed by atoms with Gasteiger partial charge >= 0.3 is 0 Å². The van der Waals surface area contributed by atoms with Gasteiger partial charge in [0.15, 0.2) is 0 Å². The van der Waals surface area contributed by atoms with Gasteiger partial charge in [-0.05, 0) is 32.3 Å². The number of hydrogen-bond donors (Lipinski definition) is 1. The van der Waals surface area contributed by atoms with Crippen molar-refractivity contribution in [3.8, 4) is 0 Å². The summed E-state index contributed by atoms with van der Waals surface area (Å²) in [6.45, 7) is 9.07. The van der Waals surface area contributed by atoms with Gasteiger partial charge in [-0.25, -0.2) is 0 Å². The van der Waals surface area contributed by atoms with Crippen LogP contribution < -0.4 is 5.73 Å². The van der Waals surface area contributed by atoms with Gasteiger partial charge in [-0.3, -0.25) is 4.99 Å². The third-order valence-corrected chi connectivity index (χ3v) is 2.77. The Morgan fingerprint density at radius 1 is 1.53 bits per heavy atom. The van der Waals surface area contributed by atoms with Crippen molar-refractivity contribution in [3.05, 3.63) is 11.8 Å². The second kappa shape index (κ2) is 4.79. The van der Waals surface area contributed by atoms with E-state index >= 15 is 0 Å². The van der Waals surface area contributed by atoms with E-state index in [0.29, 0.717) is 5.92 Å². The minimum absolute atomic E-state index is 0.0663. The molecule has 0 aromatic carbocycles. The Bertz CT molecular complexity index is 269. The van der Waals surface area contributed by atoms with E-state index in [0.717, 1.165) is 18.8 Å². The molecule has 0 saturated carbocycles. The van der Waals surface area contributed by atoms with Crippen LogP contribution in [-0.4, -0.2) is 24.4 Å². The van der Waals surface area contributed by atoms with Crippen LogP contribution in [0.1, 0.15) is 34.1 Å². The zero-order valence-electron chi connectivity index (χ0n) is 10.2. The fraction of sp³-hybridized carbons (Fsp3) is 0.750. The van der Waals surface area contributed by atoms with Crippen molar-refractivity contribution in [1.82, 2.24) is 0 Å². The first-order valence-electron chi connectivity index (χ1n) is 5.58. The molecule has 0 aromatic rings. The molecule has 0 aromatic heterocycles. The topological polar surface area (TPSA) is 47.6 Å². The van der Waals surface area contributed by atoms with Gasteiger partial charge < -0.3 is 10.5 Å². The zero-order chi connectivity index (χ0) is 11.5. The van der Waals surface area contributed by atoms with Crippen LogP contribution in [0.5, 0.6) is 0 Å². The Labute approximate surface area is 92.4 Å². The first-order chi connectivity index (χ1) is 6.94. The van der Waals surface area contributed by atoms with Crippen molar-refractivity contribution in [2.45, 2.75) is 45.7 Å². The Morgan fingerprint density at radius 3 is 2.60 bits per heavy atom.